The molecule has 1 aliphatic rings. The van der Waals surface area contributed by atoms with Crippen LogP contribution in [0.15, 0.2) is 42.7 Å². The molecule has 1 heterocycles. The minimum Gasteiger partial charge on any atom is -0.310 e. The van der Waals surface area contributed by atoms with E-state index >= 15 is 0 Å². The van der Waals surface area contributed by atoms with Gasteiger partial charge in [0.05, 0.1) is 0 Å². The molecule has 0 aliphatic heterocycles. The highest BCUT2D eigenvalue weighted by Crippen LogP contribution is 2.25. The van der Waals surface area contributed by atoms with Gasteiger partial charge in [0.25, 0.3) is 0 Å². The van der Waals surface area contributed by atoms with Crippen molar-refractivity contribution in [3.63, 3.8) is 0 Å². The van der Waals surface area contributed by atoms with Gasteiger partial charge in [-0.25, -0.2) is 0 Å². The molecule has 0 spiro atoms. The van der Waals surface area contributed by atoms with Crippen LogP contribution in [0.25, 0.3) is 0 Å². The summed E-state index contributed by atoms with van der Waals surface area (Å²) in [6, 6.07) is 11.6. The normalized spacial score (nSPS) is 15.1. The first-order chi connectivity index (χ1) is 9.86. The smallest absolute Gasteiger partial charge is 0.0376 e. The maximum Gasteiger partial charge on any atom is 0.0376 e. The number of hydrogen-bond acceptors (Lipinski definition) is 2. The van der Waals surface area contributed by atoms with Gasteiger partial charge in [0.2, 0.25) is 0 Å². The number of likely N-dealkylation sites (N-methyl/N-ethyl adjacent to an activating group) is 1. The molecule has 2 aromatic rings. The van der Waals surface area contributed by atoms with E-state index < -0.39 is 0 Å². The van der Waals surface area contributed by atoms with Crippen molar-refractivity contribution in [1.82, 2.24) is 10.3 Å². The first-order valence-corrected chi connectivity index (χ1v) is 7.61. The molecular weight excluding hydrogens is 244 g/mol. The third kappa shape index (κ3) is 2.91. The van der Waals surface area contributed by atoms with Crippen LogP contribution in [0.2, 0.25) is 0 Å². The van der Waals surface area contributed by atoms with Crippen molar-refractivity contribution in [2.24, 2.45) is 0 Å². The summed E-state index contributed by atoms with van der Waals surface area (Å²) in [6.07, 6.45) is 8.67. The molecule has 1 unspecified atom stereocenters. The Kier molecular flexibility index (Phi) is 4.12. The molecule has 1 N–H and O–H groups in total. The molecular formula is C18H22N2. The van der Waals surface area contributed by atoms with Crippen LogP contribution in [0.5, 0.6) is 0 Å². The number of pyridine rings is 1. The standard InChI is InChI=1S/C18H22N2/c1-2-20-18(17-7-4-10-19-13-17)12-14-8-9-15-5-3-6-16(15)11-14/h4,7-11,13,18,20H,2-3,5-6,12H2,1H3. The van der Waals surface area contributed by atoms with Gasteiger partial charge in [0, 0.05) is 18.4 Å². The summed E-state index contributed by atoms with van der Waals surface area (Å²) in [5.41, 5.74) is 5.81. The number of nitrogens with zero attached hydrogens (tertiary/aromatic N) is 1. The van der Waals surface area contributed by atoms with Gasteiger partial charge in [-0.2, -0.15) is 0 Å². The number of benzene rings is 1. The second-order valence-electron chi connectivity index (χ2n) is 5.56. The van der Waals surface area contributed by atoms with Crippen molar-refractivity contribution < 1.29 is 0 Å². The Labute approximate surface area is 121 Å². The molecule has 2 heteroatoms. The lowest BCUT2D eigenvalue weighted by atomic mass is 9.97. The van der Waals surface area contributed by atoms with E-state index in [1.807, 2.05) is 18.5 Å². The molecule has 0 fully saturated rings. The minimum atomic E-state index is 0.355. The van der Waals surface area contributed by atoms with Crippen LogP contribution in [0.3, 0.4) is 0 Å². The van der Waals surface area contributed by atoms with Crippen molar-refractivity contribution in [1.29, 1.82) is 0 Å². The molecule has 0 radical (unpaired) electrons. The minimum absolute atomic E-state index is 0.355. The lowest BCUT2D eigenvalue weighted by Gasteiger charge is -2.18. The molecule has 1 aromatic carbocycles. The second kappa shape index (κ2) is 6.19. The fraction of sp³-hybridized carbons (Fsp3) is 0.389. The maximum absolute atomic E-state index is 4.25. The molecule has 3 rings (SSSR count). The molecule has 1 aliphatic carbocycles. The summed E-state index contributed by atoms with van der Waals surface area (Å²) in [4.78, 5) is 4.25. The van der Waals surface area contributed by atoms with Gasteiger partial charge in [0.15, 0.2) is 0 Å². The first-order valence-electron chi connectivity index (χ1n) is 7.61. The Morgan fingerprint density at radius 1 is 1.20 bits per heavy atom. The lowest BCUT2D eigenvalue weighted by Crippen LogP contribution is -2.23. The predicted molar refractivity (Wildman–Crippen MR) is 82.8 cm³/mol. The molecule has 20 heavy (non-hydrogen) atoms. The van der Waals surface area contributed by atoms with E-state index in [0.717, 1.165) is 13.0 Å². The van der Waals surface area contributed by atoms with Crippen LogP contribution >= 0.6 is 0 Å². The Morgan fingerprint density at radius 3 is 2.90 bits per heavy atom. The van der Waals surface area contributed by atoms with Crippen LogP contribution in [0, 0.1) is 0 Å². The molecule has 1 atom stereocenters. The van der Waals surface area contributed by atoms with Crippen molar-refractivity contribution in [3.8, 4) is 0 Å². The summed E-state index contributed by atoms with van der Waals surface area (Å²) < 4.78 is 0. The van der Waals surface area contributed by atoms with Gasteiger partial charge >= 0.3 is 0 Å². The quantitative estimate of drug-likeness (QED) is 0.896. The van der Waals surface area contributed by atoms with Crippen molar-refractivity contribution in [2.75, 3.05) is 6.54 Å². The molecule has 0 amide bonds. The molecule has 2 nitrogen and oxygen atoms in total. The van der Waals surface area contributed by atoms with Gasteiger partial charge in [0.1, 0.15) is 0 Å². The highest BCUT2D eigenvalue weighted by atomic mass is 14.9. The molecule has 104 valence electrons. The summed E-state index contributed by atoms with van der Waals surface area (Å²) in [5.74, 6) is 0. The summed E-state index contributed by atoms with van der Waals surface area (Å²) >= 11 is 0. The van der Waals surface area contributed by atoms with Crippen LogP contribution in [0.4, 0.5) is 0 Å². The highest BCUT2D eigenvalue weighted by Gasteiger charge is 2.14. The second-order valence-corrected chi connectivity index (χ2v) is 5.56. The van der Waals surface area contributed by atoms with Gasteiger partial charge in [-0.15, -0.1) is 0 Å². The topological polar surface area (TPSA) is 24.9 Å². The zero-order valence-corrected chi connectivity index (χ0v) is 12.1. The van der Waals surface area contributed by atoms with E-state index in [2.05, 4.69) is 41.5 Å². The van der Waals surface area contributed by atoms with E-state index in [9.17, 15) is 0 Å². The lowest BCUT2D eigenvalue weighted by molar-refractivity contribution is 0.548. The number of aryl methyl sites for hydroxylation is 2. The summed E-state index contributed by atoms with van der Waals surface area (Å²) in [7, 11) is 0. The van der Waals surface area contributed by atoms with E-state index in [1.54, 1.807) is 11.1 Å². The van der Waals surface area contributed by atoms with Gasteiger partial charge < -0.3 is 5.32 Å². The van der Waals surface area contributed by atoms with Gasteiger partial charge in [-0.1, -0.05) is 31.2 Å². The first kappa shape index (κ1) is 13.3. The van der Waals surface area contributed by atoms with Crippen LogP contribution in [-0.4, -0.2) is 11.5 Å². The van der Waals surface area contributed by atoms with E-state index in [4.69, 9.17) is 0 Å². The van der Waals surface area contributed by atoms with E-state index in [-0.39, 0.29) is 0 Å². The Morgan fingerprint density at radius 2 is 2.10 bits per heavy atom. The zero-order chi connectivity index (χ0) is 13.8. The van der Waals surface area contributed by atoms with E-state index in [1.165, 1.54) is 30.4 Å². The Bertz CT molecular complexity index is 563. The highest BCUT2D eigenvalue weighted by molar-refractivity contribution is 5.36. The Balaban J connectivity index is 1.80. The molecule has 1 aromatic heterocycles. The number of fused-ring (bicyclic) bond motifs is 1. The van der Waals surface area contributed by atoms with Gasteiger partial charge in [-0.3, -0.25) is 4.98 Å². The average Bonchev–Trinajstić information content (AvgIpc) is 2.95. The third-order valence-electron chi connectivity index (χ3n) is 4.14. The van der Waals surface area contributed by atoms with Crippen molar-refractivity contribution >= 4 is 0 Å². The van der Waals surface area contributed by atoms with Crippen molar-refractivity contribution in [2.45, 2.75) is 38.6 Å². The maximum atomic E-state index is 4.25. The molecule has 0 saturated heterocycles. The summed E-state index contributed by atoms with van der Waals surface area (Å²) in [6.45, 7) is 3.14. The van der Waals surface area contributed by atoms with Crippen LogP contribution < -0.4 is 5.32 Å². The number of nitrogens with one attached hydrogen (secondary N) is 1. The predicted octanol–water partition coefficient (Wildman–Crippen LogP) is 3.46. The number of hydrogen-bond donors (Lipinski definition) is 1. The summed E-state index contributed by atoms with van der Waals surface area (Å²) in [5, 5.41) is 3.58. The zero-order valence-electron chi connectivity index (χ0n) is 12.1. The van der Waals surface area contributed by atoms with Crippen molar-refractivity contribution in [3.05, 3.63) is 65.0 Å². The molecule has 0 bridgehead atoms. The van der Waals surface area contributed by atoms with E-state index in [0.29, 0.717) is 6.04 Å². The molecule has 0 saturated carbocycles. The SMILES string of the molecule is CCNC(Cc1ccc2c(c1)CCC2)c1cccnc1. The monoisotopic (exact) mass is 266 g/mol. The number of aromatic nitrogens is 1. The fourth-order valence-electron chi connectivity index (χ4n) is 3.12. The number of rotatable bonds is 5. The largest absolute Gasteiger partial charge is 0.310 e. The Hall–Kier alpha value is -1.67. The third-order valence-corrected chi connectivity index (χ3v) is 4.14. The average molecular weight is 266 g/mol. The van der Waals surface area contributed by atoms with Crippen LogP contribution in [-0.2, 0) is 19.3 Å². The fourth-order valence-corrected chi connectivity index (χ4v) is 3.12. The van der Waals surface area contributed by atoms with Crippen LogP contribution in [0.1, 0.15) is 41.6 Å². The van der Waals surface area contributed by atoms with Gasteiger partial charge in [-0.05, 0) is 60.5 Å².